The number of carbonyl (C=O) groups excluding carboxylic acids is 4. The van der Waals surface area contributed by atoms with Crippen LogP contribution in [0.1, 0.15) is 66.2 Å². The molecule has 8 nitrogen and oxygen atoms in total. The topological polar surface area (TPSA) is 105 Å². The van der Waals surface area contributed by atoms with Crippen LogP contribution >= 0.6 is 0 Å². The van der Waals surface area contributed by atoms with Gasteiger partial charge in [-0.15, -0.1) is 13.2 Å². The van der Waals surface area contributed by atoms with Gasteiger partial charge in [0.05, 0.1) is 26.4 Å². The smallest absolute Gasteiger partial charge is 0.323 e. The number of hydrogen-bond donors (Lipinski definition) is 0. The Morgan fingerprint density at radius 2 is 1.32 bits per heavy atom. The zero-order chi connectivity index (χ0) is 26.0. The van der Waals surface area contributed by atoms with Gasteiger partial charge in [-0.1, -0.05) is 24.3 Å². The molecule has 0 saturated carbocycles. The molecule has 0 bridgehead atoms. The molecule has 8 heteroatoms. The van der Waals surface area contributed by atoms with Gasteiger partial charge >= 0.3 is 23.9 Å². The summed E-state index contributed by atoms with van der Waals surface area (Å²) in [5.41, 5.74) is -2.40. The molecule has 0 spiro atoms. The Morgan fingerprint density at radius 1 is 0.824 bits per heavy atom. The number of rotatable bonds is 13. The molecule has 34 heavy (non-hydrogen) atoms. The highest BCUT2D eigenvalue weighted by atomic mass is 16.6. The Morgan fingerprint density at radius 3 is 1.68 bits per heavy atom. The average molecular weight is 481 g/mol. The van der Waals surface area contributed by atoms with Crippen LogP contribution in [0.3, 0.4) is 0 Å². The Labute approximate surface area is 203 Å². The summed E-state index contributed by atoms with van der Waals surface area (Å²) < 4.78 is 20.0. The van der Waals surface area contributed by atoms with Crippen LogP contribution in [0.25, 0.3) is 0 Å². The van der Waals surface area contributed by atoms with Gasteiger partial charge in [-0.2, -0.15) is 0 Å². The first-order valence-electron chi connectivity index (χ1n) is 11.8. The third-order valence-corrected chi connectivity index (χ3v) is 5.30. The van der Waals surface area contributed by atoms with Crippen LogP contribution in [0.5, 0.6) is 0 Å². The van der Waals surface area contributed by atoms with Crippen LogP contribution < -0.4 is 0 Å². The molecular formula is C26H40O8. The van der Waals surface area contributed by atoms with Gasteiger partial charge in [-0.05, 0) is 66.2 Å². The van der Waals surface area contributed by atoms with Crippen molar-refractivity contribution < 1.29 is 38.1 Å². The summed E-state index contributed by atoms with van der Waals surface area (Å²) in [5.74, 6) is -2.02. The van der Waals surface area contributed by atoms with Gasteiger partial charge in [-0.25, -0.2) is 0 Å². The van der Waals surface area contributed by atoms with Gasteiger partial charge < -0.3 is 18.9 Å². The number of ether oxygens (including phenoxy) is 4. The monoisotopic (exact) mass is 480 g/mol. The van der Waals surface area contributed by atoms with Crippen molar-refractivity contribution in [3.63, 3.8) is 0 Å². The summed E-state index contributed by atoms with van der Waals surface area (Å²) in [6.45, 7) is 15.1. The van der Waals surface area contributed by atoms with E-state index in [1.165, 1.54) is 6.08 Å². The highest BCUT2D eigenvalue weighted by molar-refractivity contribution is 6.01. The van der Waals surface area contributed by atoms with E-state index < -0.39 is 34.7 Å². The van der Waals surface area contributed by atoms with Crippen LogP contribution in [-0.4, -0.2) is 50.3 Å². The molecule has 0 amide bonds. The van der Waals surface area contributed by atoms with E-state index in [4.69, 9.17) is 18.9 Å². The predicted molar refractivity (Wildman–Crippen MR) is 129 cm³/mol. The lowest BCUT2D eigenvalue weighted by atomic mass is 9.77. The number of esters is 4. The van der Waals surface area contributed by atoms with E-state index in [0.717, 1.165) is 0 Å². The van der Waals surface area contributed by atoms with Crippen LogP contribution in [0.2, 0.25) is 0 Å². The molecule has 0 atom stereocenters. The van der Waals surface area contributed by atoms with Gasteiger partial charge in [0.15, 0.2) is 10.8 Å². The second-order valence-electron chi connectivity index (χ2n) is 7.58. The highest BCUT2D eigenvalue weighted by Gasteiger charge is 2.48. The molecule has 0 saturated heterocycles. The summed E-state index contributed by atoms with van der Waals surface area (Å²) in [7, 11) is 0. The molecule has 0 N–H and O–H groups in total. The quantitative estimate of drug-likeness (QED) is 0.164. The van der Waals surface area contributed by atoms with Gasteiger partial charge in [0, 0.05) is 0 Å². The van der Waals surface area contributed by atoms with Crippen molar-refractivity contribution >= 4 is 23.9 Å². The van der Waals surface area contributed by atoms with Crippen molar-refractivity contribution in [1.29, 1.82) is 0 Å². The molecular weight excluding hydrogens is 440 g/mol. The van der Waals surface area contributed by atoms with E-state index in [2.05, 4.69) is 13.2 Å². The molecule has 1 aliphatic carbocycles. The fourth-order valence-electron chi connectivity index (χ4n) is 3.52. The van der Waals surface area contributed by atoms with E-state index in [9.17, 15) is 19.2 Å². The third kappa shape index (κ3) is 8.47. The molecule has 0 aromatic rings. The Balaban J connectivity index is 0.000000644. The van der Waals surface area contributed by atoms with Crippen LogP contribution in [0.15, 0.2) is 37.5 Å². The second kappa shape index (κ2) is 16.7. The fourth-order valence-corrected chi connectivity index (χ4v) is 3.52. The largest absolute Gasteiger partial charge is 0.465 e. The fraction of sp³-hybridized carbons (Fsp3) is 0.615. The van der Waals surface area contributed by atoms with Gasteiger partial charge in [0.1, 0.15) is 0 Å². The zero-order valence-corrected chi connectivity index (χ0v) is 21.1. The number of allylic oxidation sites excluding steroid dienone is 4. The van der Waals surface area contributed by atoms with E-state index in [-0.39, 0.29) is 32.8 Å². The minimum absolute atomic E-state index is 0.207. The minimum atomic E-state index is -1.29. The molecule has 0 aromatic carbocycles. The van der Waals surface area contributed by atoms with E-state index in [1.807, 2.05) is 12.2 Å². The zero-order valence-electron chi connectivity index (χ0n) is 21.1. The van der Waals surface area contributed by atoms with Crippen molar-refractivity contribution in [2.24, 2.45) is 10.8 Å². The van der Waals surface area contributed by atoms with E-state index >= 15 is 0 Å². The summed E-state index contributed by atoms with van der Waals surface area (Å²) in [4.78, 5) is 47.9. The SMILES string of the molecule is C=CCCC(CC=C)(C(=O)OCC)C(=O)OCC.CCOC(=O)C1(C(=O)OCC)CC=CCC1. The van der Waals surface area contributed by atoms with Crippen LogP contribution in [0.4, 0.5) is 0 Å². The average Bonchev–Trinajstić information content (AvgIpc) is 2.83. The molecule has 0 unspecified atom stereocenters. The first-order chi connectivity index (χ1) is 16.3. The Kier molecular flexibility index (Phi) is 15.3. The summed E-state index contributed by atoms with van der Waals surface area (Å²) >= 11 is 0. The molecule has 0 heterocycles. The maximum absolute atomic E-state index is 12.1. The Bertz CT molecular complexity index is 686. The molecule has 192 valence electrons. The number of carbonyl (C=O) groups is 4. The maximum atomic E-state index is 12.1. The normalized spacial score (nSPS) is 14.0. The van der Waals surface area contributed by atoms with Crippen molar-refractivity contribution in [2.75, 3.05) is 26.4 Å². The lowest BCUT2D eigenvalue weighted by molar-refractivity contribution is -0.174. The Hall–Kier alpha value is -2.90. The predicted octanol–water partition coefficient (Wildman–Crippen LogP) is 4.48. The lowest BCUT2D eigenvalue weighted by Crippen LogP contribution is -2.42. The van der Waals surface area contributed by atoms with Crippen LogP contribution in [-0.2, 0) is 38.1 Å². The van der Waals surface area contributed by atoms with Gasteiger partial charge in [0.2, 0.25) is 0 Å². The van der Waals surface area contributed by atoms with E-state index in [1.54, 1.807) is 33.8 Å². The first kappa shape index (κ1) is 31.1. The molecule has 1 rings (SSSR count). The van der Waals surface area contributed by atoms with Crippen molar-refractivity contribution in [3.8, 4) is 0 Å². The second-order valence-corrected chi connectivity index (χ2v) is 7.58. The third-order valence-electron chi connectivity index (χ3n) is 5.30. The standard InChI is InChI=1S/C14H22O4.C12H18O4/c1-5-9-11-14(10-6-2,12(15)17-7-3)13(16)18-8-4;1-3-15-10(13)12(11(14)16-4-2)8-6-5-7-9-12/h5-6H,1-2,7-11H2,3-4H3;5-6H,3-4,7-9H2,1-2H3. The summed E-state index contributed by atoms with van der Waals surface area (Å²) in [5, 5.41) is 0. The minimum Gasteiger partial charge on any atom is -0.465 e. The molecule has 0 aliphatic heterocycles. The molecule has 0 radical (unpaired) electrons. The van der Waals surface area contributed by atoms with Crippen molar-refractivity contribution in [3.05, 3.63) is 37.5 Å². The van der Waals surface area contributed by atoms with Crippen molar-refractivity contribution in [2.45, 2.75) is 66.2 Å². The summed E-state index contributed by atoms with van der Waals surface area (Å²) in [6.07, 6.45) is 9.63. The van der Waals surface area contributed by atoms with Gasteiger partial charge in [0.25, 0.3) is 0 Å². The summed E-state index contributed by atoms with van der Waals surface area (Å²) in [6, 6.07) is 0. The maximum Gasteiger partial charge on any atom is 0.323 e. The van der Waals surface area contributed by atoms with Gasteiger partial charge in [-0.3, -0.25) is 19.2 Å². The molecule has 0 aromatic heterocycles. The first-order valence-corrected chi connectivity index (χ1v) is 11.8. The lowest BCUT2D eigenvalue weighted by Gasteiger charge is -2.29. The van der Waals surface area contributed by atoms with Crippen LogP contribution in [0, 0.1) is 10.8 Å². The molecule has 0 fully saturated rings. The highest BCUT2D eigenvalue weighted by Crippen LogP contribution is 2.36. The molecule has 1 aliphatic rings. The number of hydrogen-bond acceptors (Lipinski definition) is 8. The van der Waals surface area contributed by atoms with E-state index in [0.29, 0.717) is 32.1 Å². The van der Waals surface area contributed by atoms with Crippen molar-refractivity contribution in [1.82, 2.24) is 0 Å².